The third-order valence-electron chi connectivity index (χ3n) is 2.95. The fourth-order valence-electron chi connectivity index (χ4n) is 1.84. The highest BCUT2D eigenvalue weighted by Crippen LogP contribution is 2.20. The van der Waals surface area contributed by atoms with Crippen LogP contribution in [0.3, 0.4) is 0 Å². The largest absolute Gasteiger partial charge is 0.439 e. The van der Waals surface area contributed by atoms with Gasteiger partial charge in [-0.25, -0.2) is 14.4 Å². The summed E-state index contributed by atoms with van der Waals surface area (Å²) >= 11 is 1.37. The van der Waals surface area contributed by atoms with Crippen LogP contribution in [-0.2, 0) is 6.54 Å². The molecule has 0 aliphatic carbocycles. The van der Waals surface area contributed by atoms with Gasteiger partial charge in [0.05, 0.1) is 5.51 Å². The molecule has 0 atom stereocenters. The Bertz CT molecular complexity index is 791. The molecule has 23 heavy (non-hydrogen) atoms. The van der Waals surface area contributed by atoms with Gasteiger partial charge in [-0.2, -0.15) is 0 Å². The lowest BCUT2D eigenvalue weighted by molar-refractivity contribution is 0.0946. The monoisotopic (exact) mass is 329 g/mol. The number of amides is 1. The molecular weight excluding hydrogens is 317 g/mol. The molecule has 3 rings (SSSR count). The van der Waals surface area contributed by atoms with Crippen LogP contribution in [-0.4, -0.2) is 15.9 Å². The van der Waals surface area contributed by atoms with E-state index in [1.807, 2.05) is 0 Å². The number of benzene rings is 1. The van der Waals surface area contributed by atoms with Crippen LogP contribution in [0.2, 0.25) is 0 Å². The van der Waals surface area contributed by atoms with Gasteiger partial charge in [0.25, 0.3) is 5.91 Å². The van der Waals surface area contributed by atoms with Crippen molar-refractivity contribution in [1.29, 1.82) is 0 Å². The molecule has 1 aromatic carbocycles. The lowest BCUT2D eigenvalue weighted by Gasteiger charge is -2.07. The SMILES string of the molecule is O=C(NCc1ccnc(Oc2ccc(F)cc2)c1)c1cscn1. The molecule has 0 fully saturated rings. The minimum Gasteiger partial charge on any atom is -0.439 e. The molecule has 0 saturated heterocycles. The third kappa shape index (κ3) is 4.10. The second-order valence-corrected chi connectivity index (χ2v) is 5.33. The highest BCUT2D eigenvalue weighted by Gasteiger charge is 2.07. The first kappa shape index (κ1) is 15.1. The van der Waals surface area contributed by atoms with Gasteiger partial charge < -0.3 is 10.1 Å². The van der Waals surface area contributed by atoms with Crippen LogP contribution < -0.4 is 10.1 Å². The first-order valence-corrected chi connectivity index (χ1v) is 7.70. The molecule has 1 amide bonds. The Labute approximate surface area is 135 Å². The molecule has 0 aliphatic heterocycles. The van der Waals surface area contributed by atoms with E-state index in [0.717, 1.165) is 5.56 Å². The molecule has 1 N–H and O–H groups in total. The minimum atomic E-state index is -0.330. The summed E-state index contributed by atoms with van der Waals surface area (Å²) in [6.07, 6.45) is 1.59. The van der Waals surface area contributed by atoms with Crippen molar-refractivity contribution in [2.75, 3.05) is 0 Å². The Balaban J connectivity index is 1.63. The minimum absolute atomic E-state index is 0.232. The molecular formula is C16H12FN3O2S. The molecule has 0 unspecified atom stereocenters. The molecule has 0 aliphatic rings. The van der Waals surface area contributed by atoms with Crippen LogP contribution in [0, 0.1) is 5.82 Å². The number of nitrogens with zero attached hydrogens (tertiary/aromatic N) is 2. The number of ether oxygens (including phenoxy) is 1. The second kappa shape index (κ2) is 6.97. The summed E-state index contributed by atoms with van der Waals surface area (Å²) in [6, 6.07) is 9.16. The molecule has 0 spiro atoms. The summed E-state index contributed by atoms with van der Waals surface area (Å²) in [5.74, 6) is 0.299. The average Bonchev–Trinajstić information content (AvgIpc) is 3.10. The van der Waals surface area contributed by atoms with E-state index >= 15 is 0 Å². The molecule has 0 bridgehead atoms. The van der Waals surface area contributed by atoms with E-state index in [-0.39, 0.29) is 11.7 Å². The van der Waals surface area contributed by atoms with Crippen LogP contribution in [0.15, 0.2) is 53.5 Å². The molecule has 0 saturated carbocycles. The Morgan fingerprint density at radius 3 is 2.78 bits per heavy atom. The quantitative estimate of drug-likeness (QED) is 0.779. The fraction of sp³-hybridized carbons (Fsp3) is 0.0625. The van der Waals surface area contributed by atoms with Crippen molar-refractivity contribution in [3.05, 3.63) is 70.6 Å². The van der Waals surface area contributed by atoms with Gasteiger partial charge in [0.15, 0.2) is 0 Å². The van der Waals surface area contributed by atoms with Gasteiger partial charge in [0.1, 0.15) is 17.3 Å². The Kier molecular flexibility index (Phi) is 4.58. The molecule has 2 heterocycles. The second-order valence-electron chi connectivity index (χ2n) is 4.61. The lowest BCUT2D eigenvalue weighted by Crippen LogP contribution is -2.23. The standard InChI is InChI=1S/C16H12FN3O2S/c17-12-1-3-13(4-2-12)22-15-7-11(5-6-18-15)8-19-16(21)14-9-23-10-20-14/h1-7,9-10H,8H2,(H,19,21). The normalized spacial score (nSPS) is 10.3. The molecule has 3 aromatic rings. The van der Waals surface area contributed by atoms with Gasteiger partial charge in [-0.3, -0.25) is 4.79 Å². The van der Waals surface area contributed by atoms with E-state index in [9.17, 15) is 9.18 Å². The predicted molar refractivity (Wildman–Crippen MR) is 84.0 cm³/mol. The van der Waals surface area contributed by atoms with E-state index in [1.165, 1.54) is 35.6 Å². The molecule has 7 heteroatoms. The Morgan fingerprint density at radius 1 is 1.22 bits per heavy atom. The van der Waals surface area contributed by atoms with Gasteiger partial charge in [0, 0.05) is 24.2 Å². The zero-order valence-electron chi connectivity index (χ0n) is 11.9. The van der Waals surface area contributed by atoms with Crippen LogP contribution >= 0.6 is 11.3 Å². The first-order valence-electron chi connectivity index (χ1n) is 6.75. The van der Waals surface area contributed by atoms with Crippen LogP contribution in [0.5, 0.6) is 11.6 Å². The Hall–Kier alpha value is -2.80. The van der Waals surface area contributed by atoms with Gasteiger partial charge in [-0.1, -0.05) is 0 Å². The summed E-state index contributed by atoms with van der Waals surface area (Å²) in [6.45, 7) is 0.332. The maximum Gasteiger partial charge on any atom is 0.271 e. The molecule has 5 nitrogen and oxygen atoms in total. The lowest BCUT2D eigenvalue weighted by atomic mass is 10.2. The van der Waals surface area contributed by atoms with Crippen molar-refractivity contribution < 1.29 is 13.9 Å². The first-order chi connectivity index (χ1) is 11.2. The number of halogens is 1. The number of hydrogen-bond donors (Lipinski definition) is 1. The summed E-state index contributed by atoms with van der Waals surface area (Å²) in [5.41, 5.74) is 2.84. The molecule has 0 radical (unpaired) electrons. The zero-order chi connectivity index (χ0) is 16.1. The summed E-state index contributed by atoms with van der Waals surface area (Å²) < 4.78 is 18.4. The number of thiazole rings is 1. The topological polar surface area (TPSA) is 64.1 Å². The van der Waals surface area contributed by atoms with E-state index in [4.69, 9.17) is 4.74 Å². The zero-order valence-corrected chi connectivity index (χ0v) is 12.7. The summed E-state index contributed by atoms with van der Waals surface area (Å²) in [7, 11) is 0. The summed E-state index contributed by atoms with van der Waals surface area (Å²) in [5, 5.41) is 4.46. The fourth-order valence-corrected chi connectivity index (χ4v) is 2.37. The van der Waals surface area contributed by atoms with Gasteiger partial charge >= 0.3 is 0 Å². The molecule has 2 aromatic heterocycles. The van der Waals surface area contributed by atoms with Crippen molar-refractivity contribution in [1.82, 2.24) is 15.3 Å². The van der Waals surface area contributed by atoms with Gasteiger partial charge in [-0.15, -0.1) is 11.3 Å². The van der Waals surface area contributed by atoms with Crippen molar-refractivity contribution in [2.24, 2.45) is 0 Å². The van der Waals surface area contributed by atoms with Gasteiger partial charge in [-0.05, 0) is 35.9 Å². The number of pyridine rings is 1. The highest BCUT2D eigenvalue weighted by molar-refractivity contribution is 7.07. The van der Waals surface area contributed by atoms with Crippen molar-refractivity contribution >= 4 is 17.2 Å². The van der Waals surface area contributed by atoms with Crippen molar-refractivity contribution in [3.63, 3.8) is 0 Å². The van der Waals surface area contributed by atoms with E-state index in [0.29, 0.717) is 23.9 Å². The van der Waals surface area contributed by atoms with E-state index in [2.05, 4.69) is 15.3 Å². The van der Waals surface area contributed by atoms with Crippen molar-refractivity contribution in [3.8, 4) is 11.6 Å². The number of carbonyl (C=O) groups is 1. The number of rotatable bonds is 5. The smallest absolute Gasteiger partial charge is 0.271 e. The number of carbonyl (C=O) groups excluding carboxylic acids is 1. The highest BCUT2D eigenvalue weighted by atomic mass is 32.1. The maximum absolute atomic E-state index is 12.9. The Morgan fingerprint density at radius 2 is 2.04 bits per heavy atom. The molecule has 116 valence electrons. The van der Waals surface area contributed by atoms with Crippen LogP contribution in [0.25, 0.3) is 0 Å². The summed E-state index contributed by atoms with van der Waals surface area (Å²) in [4.78, 5) is 19.9. The predicted octanol–water partition coefficient (Wildman–Crippen LogP) is 3.40. The van der Waals surface area contributed by atoms with Crippen LogP contribution in [0.1, 0.15) is 16.1 Å². The van der Waals surface area contributed by atoms with Gasteiger partial charge in [0.2, 0.25) is 5.88 Å². The maximum atomic E-state index is 12.9. The van der Waals surface area contributed by atoms with Crippen LogP contribution in [0.4, 0.5) is 4.39 Å². The third-order valence-corrected chi connectivity index (χ3v) is 3.54. The average molecular weight is 329 g/mol. The van der Waals surface area contributed by atoms with E-state index < -0.39 is 0 Å². The van der Waals surface area contributed by atoms with E-state index in [1.54, 1.807) is 29.2 Å². The number of nitrogens with one attached hydrogen (secondary N) is 1. The van der Waals surface area contributed by atoms with Crippen molar-refractivity contribution in [2.45, 2.75) is 6.54 Å². The number of aromatic nitrogens is 2. The number of hydrogen-bond acceptors (Lipinski definition) is 5.